The molecule has 4 rings (SSSR count). The Bertz CT molecular complexity index is 960. The molecule has 1 fully saturated rings. The second-order valence-electron chi connectivity index (χ2n) is 6.91. The summed E-state index contributed by atoms with van der Waals surface area (Å²) in [5.74, 6) is 1.28. The van der Waals surface area contributed by atoms with Crippen molar-refractivity contribution in [1.82, 2.24) is 19.5 Å². The van der Waals surface area contributed by atoms with E-state index in [0.717, 1.165) is 42.9 Å². The number of nitrogens with zero attached hydrogens (tertiary/aromatic N) is 6. The molecule has 0 saturated carbocycles. The summed E-state index contributed by atoms with van der Waals surface area (Å²) in [5, 5.41) is 2.94. The number of nitrogens with one attached hydrogen (secondary N) is 1. The highest BCUT2D eigenvalue weighted by molar-refractivity contribution is 5.94. The summed E-state index contributed by atoms with van der Waals surface area (Å²) in [4.78, 5) is 30.1. The van der Waals surface area contributed by atoms with E-state index in [2.05, 4.69) is 25.2 Å². The minimum Gasteiger partial charge on any atom is -0.361 e. The standard InChI is InChI=1S/C19H23N7O/c1-24(2)18-15(11-20-19(23-18)25-9-5-6-10-25)22-17(27)12-26-13-21-14-7-3-4-8-16(14)26/h3-4,7-8,11,13H,5-6,9-10,12H2,1-2H3,(H,22,27). The number of para-hydroxylation sites is 2. The van der Waals surface area contributed by atoms with Crippen LogP contribution in [0, 0.1) is 0 Å². The molecular weight excluding hydrogens is 342 g/mol. The van der Waals surface area contributed by atoms with Crippen molar-refractivity contribution in [1.29, 1.82) is 0 Å². The number of hydrogen-bond acceptors (Lipinski definition) is 6. The molecule has 0 radical (unpaired) electrons. The summed E-state index contributed by atoms with van der Waals surface area (Å²) in [7, 11) is 3.82. The number of carbonyl (C=O) groups is 1. The van der Waals surface area contributed by atoms with Crippen LogP contribution in [-0.4, -0.2) is 52.6 Å². The predicted octanol–water partition coefficient (Wildman–Crippen LogP) is 2.13. The van der Waals surface area contributed by atoms with Crippen molar-refractivity contribution in [3.05, 3.63) is 36.8 Å². The van der Waals surface area contributed by atoms with Gasteiger partial charge >= 0.3 is 0 Å². The normalized spacial score (nSPS) is 13.9. The number of aromatic nitrogens is 4. The molecule has 0 atom stereocenters. The molecule has 2 aromatic heterocycles. The average molecular weight is 365 g/mol. The lowest BCUT2D eigenvalue weighted by Crippen LogP contribution is -2.24. The first-order valence-electron chi connectivity index (χ1n) is 9.11. The number of benzene rings is 1. The van der Waals surface area contributed by atoms with Gasteiger partial charge in [-0.05, 0) is 25.0 Å². The molecule has 3 aromatic rings. The zero-order valence-corrected chi connectivity index (χ0v) is 15.6. The van der Waals surface area contributed by atoms with Gasteiger partial charge in [0.1, 0.15) is 12.2 Å². The van der Waals surface area contributed by atoms with Gasteiger partial charge in [0.2, 0.25) is 11.9 Å². The quantitative estimate of drug-likeness (QED) is 0.746. The van der Waals surface area contributed by atoms with Crippen molar-refractivity contribution in [2.45, 2.75) is 19.4 Å². The maximum absolute atomic E-state index is 12.6. The number of fused-ring (bicyclic) bond motifs is 1. The zero-order chi connectivity index (χ0) is 18.8. The number of carbonyl (C=O) groups excluding carboxylic acids is 1. The lowest BCUT2D eigenvalue weighted by atomic mass is 10.3. The van der Waals surface area contributed by atoms with E-state index in [1.165, 1.54) is 0 Å². The largest absolute Gasteiger partial charge is 0.361 e. The number of rotatable bonds is 5. The van der Waals surface area contributed by atoms with Crippen LogP contribution in [0.25, 0.3) is 11.0 Å². The van der Waals surface area contributed by atoms with Gasteiger partial charge in [-0.3, -0.25) is 4.79 Å². The fraction of sp³-hybridized carbons (Fsp3) is 0.368. The molecule has 0 bridgehead atoms. The number of anilines is 3. The van der Waals surface area contributed by atoms with E-state index in [0.29, 0.717) is 11.5 Å². The lowest BCUT2D eigenvalue weighted by molar-refractivity contribution is -0.116. The van der Waals surface area contributed by atoms with E-state index in [9.17, 15) is 4.79 Å². The van der Waals surface area contributed by atoms with Crippen LogP contribution < -0.4 is 15.1 Å². The van der Waals surface area contributed by atoms with Gasteiger partial charge < -0.3 is 19.7 Å². The molecule has 140 valence electrons. The first-order valence-corrected chi connectivity index (χ1v) is 9.11. The van der Waals surface area contributed by atoms with Crippen molar-refractivity contribution in [2.24, 2.45) is 0 Å². The smallest absolute Gasteiger partial charge is 0.244 e. The van der Waals surface area contributed by atoms with Crippen LogP contribution in [0.4, 0.5) is 17.5 Å². The van der Waals surface area contributed by atoms with Gasteiger partial charge in [0.15, 0.2) is 5.82 Å². The van der Waals surface area contributed by atoms with Crippen molar-refractivity contribution < 1.29 is 4.79 Å². The molecule has 1 amide bonds. The van der Waals surface area contributed by atoms with E-state index < -0.39 is 0 Å². The summed E-state index contributed by atoms with van der Waals surface area (Å²) in [6.07, 6.45) is 5.71. The van der Waals surface area contributed by atoms with Crippen LogP contribution in [0.5, 0.6) is 0 Å². The van der Waals surface area contributed by atoms with Gasteiger partial charge in [-0.15, -0.1) is 0 Å². The molecule has 0 aliphatic carbocycles. The van der Waals surface area contributed by atoms with Gasteiger partial charge in [0, 0.05) is 27.2 Å². The Morgan fingerprint density at radius 2 is 1.96 bits per heavy atom. The summed E-state index contributed by atoms with van der Waals surface area (Å²) in [6.45, 7) is 2.14. The Morgan fingerprint density at radius 1 is 1.19 bits per heavy atom. The monoisotopic (exact) mass is 365 g/mol. The predicted molar refractivity (Wildman–Crippen MR) is 106 cm³/mol. The minimum absolute atomic E-state index is 0.140. The minimum atomic E-state index is -0.140. The molecule has 1 aromatic carbocycles. The number of amides is 1. The molecule has 1 aliphatic rings. The summed E-state index contributed by atoms with van der Waals surface area (Å²) in [6, 6.07) is 7.75. The maximum atomic E-state index is 12.6. The molecule has 1 aliphatic heterocycles. The highest BCUT2D eigenvalue weighted by Crippen LogP contribution is 2.25. The van der Waals surface area contributed by atoms with Crippen LogP contribution in [0.1, 0.15) is 12.8 Å². The van der Waals surface area contributed by atoms with E-state index in [-0.39, 0.29) is 12.5 Å². The third-order valence-corrected chi connectivity index (χ3v) is 4.68. The first kappa shape index (κ1) is 17.3. The number of imidazole rings is 1. The Morgan fingerprint density at radius 3 is 2.74 bits per heavy atom. The molecule has 8 heteroatoms. The van der Waals surface area contributed by atoms with Crippen molar-refractivity contribution >= 4 is 34.4 Å². The van der Waals surface area contributed by atoms with E-state index in [1.807, 2.05) is 47.8 Å². The topological polar surface area (TPSA) is 79.2 Å². The fourth-order valence-electron chi connectivity index (χ4n) is 3.34. The Labute approximate surface area is 157 Å². The summed E-state index contributed by atoms with van der Waals surface area (Å²) >= 11 is 0. The van der Waals surface area contributed by atoms with Gasteiger partial charge in [-0.25, -0.2) is 9.97 Å². The molecule has 1 N–H and O–H groups in total. The van der Waals surface area contributed by atoms with Gasteiger partial charge in [-0.2, -0.15) is 4.98 Å². The first-order chi connectivity index (χ1) is 13.1. The van der Waals surface area contributed by atoms with Gasteiger partial charge in [-0.1, -0.05) is 12.1 Å². The van der Waals surface area contributed by atoms with Gasteiger partial charge in [0.05, 0.1) is 23.6 Å². The van der Waals surface area contributed by atoms with Gasteiger partial charge in [0.25, 0.3) is 0 Å². The molecular formula is C19H23N7O. The molecule has 0 unspecified atom stereocenters. The Balaban J connectivity index is 1.53. The zero-order valence-electron chi connectivity index (χ0n) is 15.6. The lowest BCUT2D eigenvalue weighted by Gasteiger charge is -2.21. The highest BCUT2D eigenvalue weighted by atomic mass is 16.2. The van der Waals surface area contributed by atoms with Crippen LogP contribution in [0.3, 0.4) is 0 Å². The van der Waals surface area contributed by atoms with E-state index >= 15 is 0 Å². The van der Waals surface area contributed by atoms with Crippen molar-refractivity contribution in [2.75, 3.05) is 42.3 Å². The van der Waals surface area contributed by atoms with E-state index in [4.69, 9.17) is 0 Å². The molecule has 8 nitrogen and oxygen atoms in total. The SMILES string of the molecule is CN(C)c1nc(N2CCCC2)ncc1NC(=O)Cn1cnc2ccccc21. The van der Waals surface area contributed by atoms with Crippen LogP contribution in [0.15, 0.2) is 36.8 Å². The molecule has 0 spiro atoms. The van der Waals surface area contributed by atoms with E-state index in [1.54, 1.807) is 12.5 Å². The second kappa shape index (κ2) is 7.22. The van der Waals surface area contributed by atoms with Crippen LogP contribution in [-0.2, 0) is 11.3 Å². The fourth-order valence-corrected chi connectivity index (χ4v) is 3.34. The van der Waals surface area contributed by atoms with Crippen LogP contribution >= 0.6 is 0 Å². The number of hydrogen-bond donors (Lipinski definition) is 1. The third kappa shape index (κ3) is 3.55. The van der Waals surface area contributed by atoms with Crippen molar-refractivity contribution in [3.8, 4) is 0 Å². The molecule has 3 heterocycles. The Hall–Kier alpha value is -3.16. The highest BCUT2D eigenvalue weighted by Gasteiger charge is 2.18. The average Bonchev–Trinajstić information content (AvgIpc) is 3.32. The molecule has 27 heavy (non-hydrogen) atoms. The summed E-state index contributed by atoms with van der Waals surface area (Å²) in [5.41, 5.74) is 2.41. The second-order valence-corrected chi connectivity index (χ2v) is 6.91. The third-order valence-electron chi connectivity index (χ3n) is 4.68. The van der Waals surface area contributed by atoms with Crippen LogP contribution in [0.2, 0.25) is 0 Å². The summed E-state index contributed by atoms with van der Waals surface area (Å²) < 4.78 is 1.83. The maximum Gasteiger partial charge on any atom is 0.244 e. The van der Waals surface area contributed by atoms with Crippen molar-refractivity contribution in [3.63, 3.8) is 0 Å². The molecule has 1 saturated heterocycles. The Kier molecular flexibility index (Phi) is 4.62.